The number of aromatic amines is 1. The molecule has 1 amide bonds. The van der Waals surface area contributed by atoms with E-state index in [1.165, 1.54) is 12.1 Å². The van der Waals surface area contributed by atoms with Crippen LogP contribution in [-0.2, 0) is 11.3 Å². The van der Waals surface area contributed by atoms with Crippen LogP contribution in [-0.4, -0.2) is 20.6 Å². The second-order valence-electron chi connectivity index (χ2n) is 9.74. The number of nitriles is 1. The van der Waals surface area contributed by atoms with Crippen molar-refractivity contribution in [2.45, 2.75) is 38.5 Å². The molecule has 2 heterocycles. The number of carbonyl (C=O) groups is 1. The number of anilines is 1. The van der Waals surface area contributed by atoms with Crippen molar-refractivity contribution in [3.63, 3.8) is 0 Å². The average molecular weight is 536 g/mol. The van der Waals surface area contributed by atoms with Crippen LogP contribution in [0.5, 0.6) is 5.75 Å². The van der Waals surface area contributed by atoms with Gasteiger partial charge in [-0.25, -0.2) is 14.2 Å². The topological polar surface area (TPSA) is 105 Å². The van der Waals surface area contributed by atoms with Crippen LogP contribution in [0.25, 0.3) is 22.2 Å². The van der Waals surface area contributed by atoms with Crippen molar-refractivity contribution in [2.24, 2.45) is 0 Å². The van der Waals surface area contributed by atoms with Crippen molar-refractivity contribution >= 4 is 22.7 Å². The number of fused-ring (bicyclic) bond motifs is 1. The smallest absolute Gasteiger partial charge is 0.412 e. The minimum absolute atomic E-state index is 0.306. The maximum atomic E-state index is 13.2. The summed E-state index contributed by atoms with van der Waals surface area (Å²) in [5, 5.41) is 13.8. The molecule has 2 aromatic heterocycles. The van der Waals surface area contributed by atoms with Gasteiger partial charge in [0, 0.05) is 35.6 Å². The van der Waals surface area contributed by atoms with Gasteiger partial charge in [0.15, 0.2) is 0 Å². The normalized spacial score (nSPS) is 13.5. The fourth-order valence-corrected chi connectivity index (χ4v) is 4.84. The van der Waals surface area contributed by atoms with Crippen LogP contribution >= 0.6 is 0 Å². The summed E-state index contributed by atoms with van der Waals surface area (Å²) in [5.41, 5.74) is 4.53. The van der Waals surface area contributed by atoms with Gasteiger partial charge < -0.3 is 19.0 Å². The van der Waals surface area contributed by atoms with Crippen molar-refractivity contribution in [2.75, 3.05) is 5.32 Å². The van der Waals surface area contributed by atoms with Crippen LogP contribution in [0.1, 0.15) is 48.9 Å². The lowest BCUT2D eigenvalue weighted by molar-refractivity contribution is 0.121. The Morgan fingerprint density at radius 1 is 1.18 bits per heavy atom. The summed E-state index contributed by atoms with van der Waals surface area (Å²) in [5.74, 6) is 1.09. The maximum Gasteiger partial charge on any atom is 0.412 e. The highest BCUT2D eigenvalue weighted by Crippen LogP contribution is 2.45. The number of nitrogens with zero attached hydrogens (tertiary/aromatic N) is 3. The minimum Gasteiger partial charge on any atom is -0.486 e. The molecular formula is C31H26FN5O3. The third-order valence-electron chi connectivity index (χ3n) is 6.96. The molecule has 1 unspecified atom stereocenters. The maximum absolute atomic E-state index is 13.2. The van der Waals surface area contributed by atoms with Gasteiger partial charge in [-0.15, -0.1) is 0 Å². The van der Waals surface area contributed by atoms with E-state index < -0.39 is 12.2 Å². The molecule has 1 fully saturated rings. The van der Waals surface area contributed by atoms with Gasteiger partial charge in [0.25, 0.3) is 0 Å². The SMILES string of the molecule is CC(OC(=O)Nc1ccc(-c2c(C#N)c3ccc(OCc4ncc[nH]4)cc3n2C2CC2)cc1)c1ccc(F)cc1. The molecule has 2 N–H and O–H groups in total. The number of amides is 1. The molecule has 5 aromatic rings. The van der Waals surface area contributed by atoms with E-state index in [4.69, 9.17) is 9.47 Å². The van der Waals surface area contributed by atoms with Crippen molar-refractivity contribution in [1.29, 1.82) is 5.26 Å². The van der Waals surface area contributed by atoms with Crippen LogP contribution in [0.3, 0.4) is 0 Å². The monoisotopic (exact) mass is 535 g/mol. The zero-order chi connectivity index (χ0) is 27.6. The molecule has 0 aliphatic heterocycles. The fourth-order valence-electron chi connectivity index (χ4n) is 4.84. The average Bonchev–Trinajstić information content (AvgIpc) is 3.55. The van der Waals surface area contributed by atoms with E-state index in [2.05, 4.69) is 25.9 Å². The van der Waals surface area contributed by atoms with Gasteiger partial charge in [-0.1, -0.05) is 24.3 Å². The summed E-state index contributed by atoms with van der Waals surface area (Å²) in [7, 11) is 0. The first kappa shape index (κ1) is 25.2. The van der Waals surface area contributed by atoms with Gasteiger partial charge in [-0.3, -0.25) is 5.32 Å². The first-order valence-electron chi connectivity index (χ1n) is 13.0. The lowest BCUT2D eigenvalue weighted by Gasteiger charge is -2.15. The van der Waals surface area contributed by atoms with Gasteiger partial charge in [-0.05, 0) is 67.3 Å². The molecular weight excluding hydrogens is 509 g/mol. The fraction of sp³-hybridized carbons (Fsp3) is 0.194. The van der Waals surface area contributed by atoms with Gasteiger partial charge in [0.1, 0.15) is 36.2 Å². The summed E-state index contributed by atoms with van der Waals surface area (Å²) < 4.78 is 26.8. The molecule has 1 aliphatic carbocycles. The van der Waals surface area contributed by atoms with E-state index in [-0.39, 0.29) is 5.82 Å². The molecule has 1 saturated carbocycles. The molecule has 0 saturated heterocycles. The van der Waals surface area contributed by atoms with Gasteiger partial charge in [0.05, 0.1) is 16.8 Å². The molecule has 6 rings (SSSR count). The molecule has 1 aliphatic rings. The Morgan fingerprint density at radius 3 is 2.62 bits per heavy atom. The number of nitrogens with one attached hydrogen (secondary N) is 2. The van der Waals surface area contributed by atoms with Crippen LogP contribution in [0.15, 0.2) is 79.1 Å². The first-order valence-corrected chi connectivity index (χ1v) is 13.0. The summed E-state index contributed by atoms with van der Waals surface area (Å²) in [4.78, 5) is 19.7. The number of hydrogen-bond acceptors (Lipinski definition) is 5. The first-order chi connectivity index (χ1) is 19.5. The van der Waals surface area contributed by atoms with Crippen LogP contribution in [0.2, 0.25) is 0 Å². The molecule has 9 heteroatoms. The van der Waals surface area contributed by atoms with E-state index in [9.17, 15) is 14.4 Å². The lowest BCUT2D eigenvalue weighted by atomic mass is 10.1. The summed E-state index contributed by atoms with van der Waals surface area (Å²) in [6.07, 6.45) is 4.36. The molecule has 0 spiro atoms. The Morgan fingerprint density at radius 2 is 1.95 bits per heavy atom. The molecule has 1 atom stereocenters. The van der Waals surface area contributed by atoms with Crippen molar-refractivity contribution < 1.29 is 18.7 Å². The minimum atomic E-state index is -0.614. The largest absolute Gasteiger partial charge is 0.486 e. The number of carbonyl (C=O) groups excluding carboxylic acids is 1. The highest BCUT2D eigenvalue weighted by atomic mass is 19.1. The predicted molar refractivity (Wildman–Crippen MR) is 148 cm³/mol. The van der Waals surface area contributed by atoms with Gasteiger partial charge in [0.2, 0.25) is 0 Å². The Labute approximate surface area is 230 Å². The number of hydrogen-bond donors (Lipinski definition) is 2. The summed E-state index contributed by atoms with van der Waals surface area (Å²) in [6, 6.07) is 21.7. The number of H-pyrrole nitrogens is 1. The highest BCUT2D eigenvalue weighted by molar-refractivity contribution is 5.96. The molecule has 40 heavy (non-hydrogen) atoms. The predicted octanol–water partition coefficient (Wildman–Crippen LogP) is 7.27. The Balaban J connectivity index is 1.24. The second kappa shape index (κ2) is 10.6. The molecule has 8 nitrogen and oxygen atoms in total. The summed E-state index contributed by atoms with van der Waals surface area (Å²) >= 11 is 0. The van der Waals surface area contributed by atoms with E-state index in [0.29, 0.717) is 35.2 Å². The lowest BCUT2D eigenvalue weighted by Crippen LogP contribution is -2.16. The van der Waals surface area contributed by atoms with Gasteiger partial charge in [-0.2, -0.15) is 5.26 Å². The highest BCUT2D eigenvalue weighted by Gasteiger charge is 2.31. The van der Waals surface area contributed by atoms with Gasteiger partial charge >= 0.3 is 6.09 Å². The third-order valence-corrected chi connectivity index (χ3v) is 6.96. The molecule has 3 aromatic carbocycles. The Bertz CT molecular complexity index is 1700. The second-order valence-corrected chi connectivity index (χ2v) is 9.74. The standard InChI is InChI=1S/C31H26FN5O3/c1-19(20-2-6-22(32)7-3-20)40-31(38)36-23-8-4-21(5-9-23)30-27(17-33)26-13-12-25(39-18-29-34-14-15-35-29)16-28(26)37(30)24-10-11-24/h2-9,12-16,19,24H,10-11,18H2,1H3,(H,34,35)(H,36,38). The summed E-state index contributed by atoms with van der Waals surface area (Å²) in [6.45, 7) is 2.05. The van der Waals surface area contributed by atoms with Crippen LogP contribution < -0.4 is 10.1 Å². The number of halogens is 1. The van der Waals surface area contributed by atoms with Crippen molar-refractivity contribution in [3.05, 3.63) is 102 Å². The number of benzene rings is 3. The Hall–Kier alpha value is -5.10. The Kier molecular flexibility index (Phi) is 6.66. The van der Waals surface area contributed by atoms with Crippen LogP contribution in [0, 0.1) is 17.1 Å². The zero-order valence-electron chi connectivity index (χ0n) is 21.7. The van der Waals surface area contributed by atoms with Crippen LogP contribution in [0.4, 0.5) is 14.9 Å². The zero-order valence-corrected chi connectivity index (χ0v) is 21.7. The quantitative estimate of drug-likeness (QED) is 0.217. The molecule has 0 bridgehead atoms. The van der Waals surface area contributed by atoms with Crippen molar-refractivity contribution in [1.82, 2.24) is 14.5 Å². The molecule has 200 valence electrons. The number of rotatable bonds is 8. The molecule has 0 radical (unpaired) electrons. The van der Waals surface area contributed by atoms with E-state index >= 15 is 0 Å². The number of aromatic nitrogens is 3. The van der Waals surface area contributed by atoms with Crippen molar-refractivity contribution in [3.8, 4) is 23.1 Å². The number of imidazole rings is 1. The number of ether oxygens (including phenoxy) is 2. The van der Waals surface area contributed by atoms with E-state index in [1.54, 1.807) is 43.6 Å². The van der Waals surface area contributed by atoms with E-state index in [0.717, 1.165) is 40.8 Å². The van der Waals surface area contributed by atoms with E-state index in [1.807, 2.05) is 30.3 Å². The third kappa shape index (κ3) is 5.12.